The van der Waals surface area contributed by atoms with E-state index in [-0.39, 0.29) is 11.5 Å². The van der Waals surface area contributed by atoms with E-state index in [0.717, 1.165) is 115 Å². The third kappa shape index (κ3) is 9.41. The van der Waals surface area contributed by atoms with Gasteiger partial charge >= 0.3 is 5.97 Å². The molecule has 2 saturated heterocycles. The highest BCUT2D eigenvalue weighted by atomic mass is 35.5. The van der Waals surface area contributed by atoms with E-state index in [4.69, 9.17) is 32.9 Å². The van der Waals surface area contributed by atoms with Gasteiger partial charge in [-0.05, 0) is 87.1 Å². The van der Waals surface area contributed by atoms with Crippen molar-refractivity contribution in [1.82, 2.24) is 34.4 Å². The van der Waals surface area contributed by atoms with Crippen LogP contribution < -0.4 is 4.74 Å². The molecule has 3 aromatic carbocycles. The zero-order chi connectivity index (χ0) is 42.8. The average Bonchev–Trinajstić information content (AvgIpc) is 3.89. The Balaban J connectivity index is 0.000000190. The molecule has 0 unspecified atom stereocenters. The number of halogens is 2. The van der Waals surface area contributed by atoms with E-state index in [0.29, 0.717) is 35.0 Å². The first-order chi connectivity index (χ1) is 29.4. The molecule has 318 valence electrons. The van der Waals surface area contributed by atoms with E-state index in [1.54, 1.807) is 24.3 Å². The molecule has 3 aliphatic rings. The number of hydrogen-bond acceptors (Lipinski definition) is 9. The number of fused-ring (bicyclic) bond motifs is 4. The Morgan fingerprint density at radius 3 is 2.28 bits per heavy atom. The SMILES string of the molecule is CC(=O)N1CCC(CN2CCN(CCOc3ccc(-c4cc5c(C(=O)O)c[nH]c5cc4Cl)cc3)CC2)CC1.Cc1sc2c(c1C)C(c1ccc(Cl)cc1)=NCc1nnc(C)n1-2. The molecule has 6 aromatic rings. The number of hydrogen-bond donors (Lipinski definition) is 2. The Kier molecular flexibility index (Phi) is 12.9. The summed E-state index contributed by atoms with van der Waals surface area (Å²) in [5.74, 6) is 2.51. The van der Waals surface area contributed by atoms with E-state index in [9.17, 15) is 14.7 Å². The quantitative estimate of drug-likeness (QED) is 0.148. The Bertz CT molecular complexity index is 2570. The van der Waals surface area contributed by atoms with Crippen LogP contribution in [0.1, 0.15) is 63.3 Å². The molecular formula is C46H50Cl2N8O4S. The van der Waals surface area contributed by atoms with Gasteiger partial charge in [0, 0.05) is 103 Å². The lowest BCUT2D eigenvalue weighted by Gasteiger charge is -2.38. The van der Waals surface area contributed by atoms with Crippen molar-refractivity contribution in [3.63, 3.8) is 0 Å². The molecule has 0 bridgehead atoms. The summed E-state index contributed by atoms with van der Waals surface area (Å²) in [6.45, 7) is 17.2. The van der Waals surface area contributed by atoms with Crippen molar-refractivity contribution in [3.8, 4) is 21.9 Å². The minimum Gasteiger partial charge on any atom is -0.492 e. The van der Waals surface area contributed by atoms with Crippen LogP contribution in [0.3, 0.4) is 0 Å². The smallest absolute Gasteiger partial charge is 0.337 e. The van der Waals surface area contributed by atoms with Gasteiger partial charge < -0.3 is 24.6 Å². The van der Waals surface area contributed by atoms with E-state index in [2.05, 4.69) is 43.4 Å². The Hall–Kier alpha value is -5.05. The summed E-state index contributed by atoms with van der Waals surface area (Å²) in [7, 11) is 0. The number of rotatable bonds is 9. The lowest BCUT2D eigenvalue weighted by Crippen LogP contribution is -2.49. The number of H-pyrrole nitrogens is 1. The molecule has 3 aliphatic heterocycles. The predicted octanol–water partition coefficient (Wildman–Crippen LogP) is 8.70. The number of nitrogens with zero attached hydrogens (tertiary/aromatic N) is 7. The fourth-order valence-electron chi connectivity index (χ4n) is 8.45. The summed E-state index contributed by atoms with van der Waals surface area (Å²) in [4.78, 5) is 39.1. The lowest BCUT2D eigenvalue weighted by atomic mass is 9.96. The summed E-state index contributed by atoms with van der Waals surface area (Å²) >= 11 is 14.3. The van der Waals surface area contributed by atoms with Gasteiger partial charge in [0.25, 0.3) is 0 Å². The normalized spacial score (nSPS) is 16.0. The fraction of sp³-hybridized carbons (Fsp3) is 0.370. The van der Waals surface area contributed by atoms with Crippen molar-refractivity contribution in [3.05, 3.63) is 116 Å². The first kappa shape index (κ1) is 42.6. The monoisotopic (exact) mass is 880 g/mol. The molecule has 12 nitrogen and oxygen atoms in total. The Labute approximate surface area is 369 Å². The number of likely N-dealkylation sites (tertiary alicyclic amines) is 1. The predicted molar refractivity (Wildman–Crippen MR) is 243 cm³/mol. The summed E-state index contributed by atoms with van der Waals surface area (Å²) in [6.07, 6.45) is 3.72. The van der Waals surface area contributed by atoms with Crippen LogP contribution in [0.15, 0.2) is 71.9 Å². The molecular weight excluding hydrogens is 832 g/mol. The molecule has 0 atom stereocenters. The minimum absolute atomic E-state index is 0.199. The van der Waals surface area contributed by atoms with Gasteiger partial charge in [-0.1, -0.05) is 47.5 Å². The zero-order valence-electron chi connectivity index (χ0n) is 34.9. The van der Waals surface area contributed by atoms with Crippen LogP contribution >= 0.6 is 34.5 Å². The van der Waals surface area contributed by atoms with Crippen LogP contribution in [0.4, 0.5) is 0 Å². The maximum atomic E-state index is 11.5. The van der Waals surface area contributed by atoms with Crippen molar-refractivity contribution in [2.24, 2.45) is 10.9 Å². The standard InChI is InChI=1S/C29H35ClN4O4.C17H15ClN4S/c1-20(35)34-8-6-21(7-9-34)19-33-12-10-32(11-13-33)14-15-38-23-4-2-22(3-5-23)24-16-25-26(29(36)37)18-31-28(25)17-27(24)30;1-9-10(2)23-17-15(9)16(12-4-6-13(18)7-5-12)19-8-14-21-20-11(3)22(14)17/h2-5,16-18,21,31H,6-15,19H2,1H3,(H,36,37);4-7H,8H2,1-3H3. The summed E-state index contributed by atoms with van der Waals surface area (Å²) in [5.41, 5.74) is 7.15. The van der Waals surface area contributed by atoms with Crippen molar-refractivity contribution in [1.29, 1.82) is 0 Å². The van der Waals surface area contributed by atoms with E-state index in [1.165, 1.54) is 22.2 Å². The van der Waals surface area contributed by atoms with Crippen molar-refractivity contribution in [2.45, 2.75) is 47.1 Å². The average molecular weight is 882 g/mol. The van der Waals surface area contributed by atoms with Gasteiger partial charge in [0.1, 0.15) is 29.7 Å². The lowest BCUT2D eigenvalue weighted by molar-refractivity contribution is -0.130. The summed E-state index contributed by atoms with van der Waals surface area (Å²) in [6, 6.07) is 19.2. The number of piperidine rings is 1. The number of aromatic nitrogens is 4. The first-order valence-electron chi connectivity index (χ1n) is 20.7. The number of aryl methyl sites for hydroxylation is 2. The number of aromatic carboxylic acids is 1. The second kappa shape index (κ2) is 18.5. The molecule has 1 amide bonds. The number of nitrogens with one attached hydrogen (secondary N) is 1. The largest absolute Gasteiger partial charge is 0.492 e. The maximum Gasteiger partial charge on any atom is 0.337 e. The topological polar surface area (TPSA) is 132 Å². The van der Waals surface area contributed by atoms with E-state index in [1.807, 2.05) is 66.4 Å². The van der Waals surface area contributed by atoms with Crippen molar-refractivity contribution in [2.75, 3.05) is 59.0 Å². The van der Waals surface area contributed by atoms with Gasteiger partial charge in [-0.15, -0.1) is 21.5 Å². The molecule has 0 aliphatic carbocycles. The van der Waals surface area contributed by atoms with Gasteiger partial charge in [-0.3, -0.25) is 19.3 Å². The molecule has 6 heterocycles. The number of aliphatic imine (C=N–C) groups is 1. The van der Waals surface area contributed by atoms with E-state index < -0.39 is 5.97 Å². The minimum atomic E-state index is -0.971. The molecule has 9 rings (SSSR count). The van der Waals surface area contributed by atoms with Crippen LogP contribution in [-0.4, -0.2) is 116 Å². The highest BCUT2D eigenvalue weighted by molar-refractivity contribution is 7.15. The third-order valence-corrected chi connectivity index (χ3v) is 13.8. The molecule has 0 radical (unpaired) electrons. The maximum absolute atomic E-state index is 11.5. The molecule has 15 heteroatoms. The number of carboxylic acids is 1. The summed E-state index contributed by atoms with van der Waals surface area (Å²) < 4.78 is 8.14. The van der Waals surface area contributed by atoms with E-state index >= 15 is 0 Å². The van der Waals surface area contributed by atoms with Crippen LogP contribution in [0.25, 0.3) is 27.0 Å². The number of benzene rings is 3. The molecule has 2 fully saturated rings. The number of carbonyl (C=O) groups is 2. The van der Waals surface area contributed by atoms with Gasteiger partial charge in [0.05, 0.1) is 16.3 Å². The van der Waals surface area contributed by atoms with Gasteiger partial charge in [0.2, 0.25) is 5.91 Å². The highest BCUT2D eigenvalue weighted by Gasteiger charge is 2.27. The van der Waals surface area contributed by atoms with Crippen LogP contribution in [0.5, 0.6) is 5.75 Å². The van der Waals surface area contributed by atoms with Crippen molar-refractivity contribution >= 4 is 63.0 Å². The number of piperazine rings is 1. The van der Waals surface area contributed by atoms with Crippen molar-refractivity contribution < 1.29 is 19.4 Å². The number of ether oxygens (including phenoxy) is 1. The number of carboxylic acid groups (broad SMARTS) is 1. The molecule has 2 N–H and O–H groups in total. The highest BCUT2D eigenvalue weighted by Crippen LogP contribution is 2.37. The molecule has 3 aromatic heterocycles. The Morgan fingerprint density at radius 2 is 1.59 bits per heavy atom. The number of thiophene rings is 1. The van der Waals surface area contributed by atoms with Crippen LogP contribution in [-0.2, 0) is 11.3 Å². The second-order valence-electron chi connectivity index (χ2n) is 16.0. The van der Waals surface area contributed by atoms with Gasteiger partial charge in [-0.2, -0.15) is 0 Å². The van der Waals surface area contributed by atoms with Crippen LogP contribution in [0.2, 0.25) is 10.0 Å². The first-order valence-corrected chi connectivity index (χ1v) is 22.3. The van der Waals surface area contributed by atoms with Crippen LogP contribution in [0, 0.1) is 26.7 Å². The second-order valence-corrected chi connectivity index (χ2v) is 18.0. The van der Waals surface area contributed by atoms with Gasteiger partial charge in [-0.25, -0.2) is 4.79 Å². The third-order valence-electron chi connectivity index (χ3n) is 12.1. The number of amides is 1. The number of aromatic amines is 1. The fourth-order valence-corrected chi connectivity index (χ4v) is 10.1. The summed E-state index contributed by atoms with van der Waals surface area (Å²) in [5, 5.41) is 21.0. The van der Waals surface area contributed by atoms with Gasteiger partial charge in [0.15, 0.2) is 5.82 Å². The zero-order valence-corrected chi connectivity index (χ0v) is 37.2. The molecule has 0 saturated carbocycles. The number of carbonyl (C=O) groups excluding carboxylic acids is 1. The Morgan fingerprint density at radius 1 is 0.902 bits per heavy atom. The molecule has 0 spiro atoms. The molecule has 61 heavy (non-hydrogen) atoms.